The molecule has 10 heavy (non-hydrogen) atoms. The second-order valence-corrected chi connectivity index (χ2v) is 3.09. The van der Waals surface area contributed by atoms with Gasteiger partial charge >= 0.3 is 0 Å². The third-order valence-electron chi connectivity index (χ3n) is 2.18. The van der Waals surface area contributed by atoms with Crippen LogP contribution in [0.2, 0.25) is 0 Å². The Labute approximate surface area is 61.2 Å². The summed E-state index contributed by atoms with van der Waals surface area (Å²) in [6, 6.07) is 0. The molecule has 0 saturated heterocycles. The van der Waals surface area contributed by atoms with E-state index in [1.165, 1.54) is 0 Å². The van der Waals surface area contributed by atoms with Crippen molar-refractivity contribution in [3.8, 4) is 0 Å². The molecule has 0 bridgehead atoms. The molecule has 0 aromatic rings. The van der Waals surface area contributed by atoms with Gasteiger partial charge in [-0.1, -0.05) is 6.42 Å². The molecule has 2 atom stereocenters. The quantitative estimate of drug-likeness (QED) is 0.587. The maximum Gasteiger partial charge on any atom is 0.120 e. The molecule has 2 nitrogen and oxygen atoms in total. The van der Waals surface area contributed by atoms with Gasteiger partial charge < -0.3 is 9.90 Å². The molecular weight excluding hydrogens is 128 g/mol. The number of aliphatic hydroxyl groups is 1. The smallest absolute Gasteiger partial charge is 0.120 e. The number of aldehydes is 1. The fourth-order valence-electron chi connectivity index (χ4n) is 1.61. The highest BCUT2D eigenvalue weighted by molar-refractivity contribution is 5.49. The second kappa shape index (κ2) is 3.71. The molecule has 2 heteroatoms. The van der Waals surface area contributed by atoms with Gasteiger partial charge in [-0.05, 0) is 25.2 Å². The Morgan fingerprint density at radius 2 is 2.30 bits per heavy atom. The number of carbonyl (C=O) groups is 1. The zero-order valence-electron chi connectivity index (χ0n) is 6.12. The lowest BCUT2D eigenvalue weighted by atomic mass is 9.86. The molecule has 1 fully saturated rings. The normalized spacial score (nSPS) is 33.7. The lowest BCUT2D eigenvalue weighted by Crippen LogP contribution is -2.19. The third kappa shape index (κ3) is 2.10. The molecule has 0 aromatic heterocycles. The molecule has 0 heterocycles. The highest BCUT2D eigenvalue weighted by Gasteiger charge is 2.18. The molecule has 0 amide bonds. The largest absolute Gasteiger partial charge is 0.393 e. The minimum absolute atomic E-state index is 0.140. The Kier molecular flexibility index (Phi) is 2.87. The molecule has 1 N–H and O–H groups in total. The first kappa shape index (κ1) is 7.73. The zero-order chi connectivity index (χ0) is 7.40. The van der Waals surface area contributed by atoms with Crippen LogP contribution in [0.3, 0.4) is 0 Å². The van der Waals surface area contributed by atoms with E-state index in [1.807, 2.05) is 0 Å². The SMILES string of the molecule is O=CC[C@@H]1CCC[C@@H](O)C1. The minimum Gasteiger partial charge on any atom is -0.393 e. The van der Waals surface area contributed by atoms with Crippen LogP contribution < -0.4 is 0 Å². The van der Waals surface area contributed by atoms with Gasteiger partial charge in [-0.25, -0.2) is 0 Å². The van der Waals surface area contributed by atoms with Crippen molar-refractivity contribution in [2.75, 3.05) is 0 Å². The fourth-order valence-corrected chi connectivity index (χ4v) is 1.61. The summed E-state index contributed by atoms with van der Waals surface area (Å²) in [5.41, 5.74) is 0. The second-order valence-electron chi connectivity index (χ2n) is 3.09. The molecule has 0 spiro atoms. The van der Waals surface area contributed by atoms with Crippen LogP contribution in [0.5, 0.6) is 0 Å². The van der Waals surface area contributed by atoms with Crippen molar-refractivity contribution in [2.24, 2.45) is 5.92 Å². The third-order valence-corrected chi connectivity index (χ3v) is 2.18. The van der Waals surface area contributed by atoms with Gasteiger partial charge in [-0.15, -0.1) is 0 Å². The predicted molar refractivity (Wildman–Crippen MR) is 38.6 cm³/mol. The fraction of sp³-hybridized carbons (Fsp3) is 0.875. The van der Waals surface area contributed by atoms with Crippen LogP contribution in [-0.4, -0.2) is 17.5 Å². The van der Waals surface area contributed by atoms with Gasteiger partial charge in [0, 0.05) is 6.42 Å². The summed E-state index contributed by atoms with van der Waals surface area (Å²) in [5, 5.41) is 9.19. The van der Waals surface area contributed by atoms with Crippen LogP contribution in [0.1, 0.15) is 32.1 Å². The summed E-state index contributed by atoms with van der Waals surface area (Å²) in [4.78, 5) is 10.1. The van der Waals surface area contributed by atoms with Crippen molar-refractivity contribution in [1.82, 2.24) is 0 Å². The van der Waals surface area contributed by atoms with Crippen LogP contribution in [0.4, 0.5) is 0 Å². The molecule has 1 aliphatic rings. The molecular formula is C8H14O2. The number of hydrogen-bond donors (Lipinski definition) is 1. The van der Waals surface area contributed by atoms with Crippen molar-refractivity contribution >= 4 is 6.29 Å². The number of aliphatic hydroxyl groups excluding tert-OH is 1. The first-order valence-corrected chi connectivity index (χ1v) is 3.94. The van der Waals surface area contributed by atoms with E-state index in [1.54, 1.807) is 0 Å². The predicted octanol–water partition coefficient (Wildman–Crippen LogP) is 1.13. The Bertz CT molecular complexity index is 112. The first-order valence-electron chi connectivity index (χ1n) is 3.94. The van der Waals surface area contributed by atoms with Gasteiger partial charge in [0.25, 0.3) is 0 Å². The Morgan fingerprint density at radius 3 is 2.90 bits per heavy atom. The summed E-state index contributed by atoms with van der Waals surface area (Å²) in [5.74, 6) is 0.459. The van der Waals surface area contributed by atoms with E-state index in [9.17, 15) is 9.90 Å². The standard InChI is InChI=1S/C8H14O2/c9-5-4-7-2-1-3-8(10)6-7/h5,7-8,10H,1-4,6H2/t7-,8+/m0/s1. The van der Waals surface area contributed by atoms with E-state index in [0.717, 1.165) is 32.0 Å². The molecule has 58 valence electrons. The minimum atomic E-state index is -0.140. The van der Waals surface area contributed by atoms with E-state index < -0.39 is 0 Å². The lowest BCUT2D eigenvalue weighted by molar-refractivity contribution is -0.109. The Balaban J connectivity index is 2.24. The van der Waals surface area contributed by atoms with Gasteiger partial charge in [-0.3, -0.25) is 0 Å². The van der Waals surface area contributed by atoms with E-state index >= 15 is 0 Å². The number of rotatable bonds is 2. The molecule has 1 aliphatic carbocycles. The van der Waals surface area contributed by atoms with Crippen molar-refractivity contribution in [2.45, 2.75) is 38.2 Å². The Morgan fingerprint density at radius 1 is 1.50 bits per heavy atom. The van der Waals surface area contributed by atoms with Gasteiger partial charge in [0.15, 0.2) is 0 Å². The molecule has 1 saturated carbocycles. The zero-order valence-corrected chi connectivity index (χ0v) is 6.12. The summed E-state index contributed by atoms with van der Waals surface area (Å²) in [7, 11) is 0. The van der Waals surface area contributed by atoms with Gasteiger partial charge in [0.1, 0.15) is 6.29 Å². The summed E-state index contributed by atoms with van der Waals surface area (Å²) in [6.07, 6.45) is 5.42. The average Bonchev–Trinajstić information content (AvgIpc) is 1.88. The maximum atomic E-state index is 10.1. The van der Waals surface area contributed by atoms with Crippen molar-refractivity contribution in [3.63, 3.8) is 0 Å². The summed E-state index contributed by atoms with van der Waals surface area (Å²) in [6.45, 7) is 0. The lowest BCUT2D eigenvalue weighted by Gasteiger charge is -2.23. The van der Waals surface area contributed by atoms with E-state index in [0.29, 0.717) is 12.3 Å². The molecule has 0 aromatic carbocycles. The van der Waals surface area contributed by atoms with Crippen molar-refractivity contribution in [3.05, 3.63) is 0 Å². The van der Waals surface area contributed by atoms with Crippen molar-refractivity contribution < 1.29 is 9.90 Å². The highest BCUT2D eigenvalue weighted by atomic mass is 16.3. The first-order chi connectivity index (χ1) is 4.83. The van der Waals surface area contributed by atoms with E-state index in [-0.39, 0.29) is 6.10 Å². The summed E-state index contributed by atoms with van der Waals surface area (Å²) < 4.78 is 0. The monoisotopic (exact) mass is 142 g/mol. The van der Waals surface area contributed by atoms with Gasteiger partial charge in [-0.2, -0.15) is 0 Å². The molecule has 0 unspecified atom stereocenters. The van der Waals surface area contributed by atoms with Crippen LogP contribution >= 0.6 is 0 Å². The molecule has 1 rings (SSSR count). The maximum absolute atomic E-state index is 10.1. The summed E-state index contributed by atoms with van der Waals surface area (Å²) >= 11 is 0. The molecule has 0 radical (unpaired) electrons. The van der Waals surface area contributed by atoms with Crippen LogP contribution in [0, 0.1) is 5.92 Å². The van der Waals surface area contributed by atoms with Crippen LogP contribution in [0.25, 0.3) is 0 Å². The number of carbonyl (C=O) groups excluding carboxylic acids is 1. The number of hydrogen-bond acceptors (Lipinski definition) is 2. The Hall–Kier alpha value is -0.370. The average molecular weight is 142 g/mol. The van der Waals surface area contributed by atoms with E-state index in [2.05, 4.69) is 0 Å². The van der Waals surface area contributed by atoms with Crippen molar-refractivity contribution in [1.29, 1.82) is 0 Å². The van der Waals surface area contributed by atoms with Crippen LogP contribution in [-0.2, 0) is 4.79 Å². The van der Waals surface area contributed by atoms with E-state index in [4.69, 9.17) is 0 Å². The topological polar surface area (TPSA) is 37.3 Å². The van der Waals surface area contributed by atoms with Crippen LogP contribution in [0.15, 0.2) is 0 Å². The van der Waals surface area contributed by atoms with Gasteiger partial charge in [0.2, 0.25) is 0 Å². The molecule has 0 aliphatic heterocycles. The van der Waals surface area contributed by atoms with Gasteiger partial charge in [0.05, 0.1) is 6.10 Å². The highest BCUT2D eigenvalue weighted by Crippen LogP contribution is 2.25.